The van der Waals surface area contributed by atoms with Crippen molar-refractivity contribution in [1.82, 2.24) is 9.88 Å². The molecule has 6 heteroatoms. The topological polar surface area (TPSA) is 88.3 Å². The van der Waals surface area contributed by atoms with Gasteiger partial charge < -0.3 is 11.1 Å². The van der Waals surface area contributed by atoms with Crippen molar-refractivity contribution in [2.75, 3.05) is 11.9 Å². The summed E-state index contributed by atoms with van der Waals surface area (Å²) in [6, 6.07) is 12.9. The molecule has 3 rings (SSSR count). The molecule has 2 amide bonds. The van der Waals surface area contributed by atoms with Gasteiger partial charge in [-0.15, -0.1) is 0 Å². The molecule has 0 radical (unpaired) electrons. The van der Waals surface area contributed by atoms with E-state index < -0.39 is 0 Å². The molecule has 1 aromatic carbocycles. The monoisotopic (exact) mass is 338 g/mol. The highest BCUT2D eigenvalue weighted by molar-refractivity contribution is 5.95. The lowest BCUT2D eigenvalue weighted by Crippen LogP contribution is -2.39. The van der Waals surface area contributed by atoms with E-state index in [1.54, 1.807) is 30.5 Å². The van der Waals surface area contributed by atoms with Crippen LogP contribution in [-0.4, -0.2) is 34.3 Å². The van der Waals surface area contributed by atoms with Gasteiger partial charge in [0.2, 0.25) is 11.8 Å². The molecule has 1 aliphatic rings. The van der Waals surface area contributed by atoms with Crippen molar-refractivity contribution in [2.45, 2.75) is 31.8 Å². The van der Waals surface area contributed by atoms with Gasteiger partial charge >= 0.3 is 0 Å². The number of hydrogen-bond acceptors (Lipinski definition) is 4. The lowest BCUT2D eigenvalue weighted by Gasteiger charge is -2.23. The Bertz CT molecular complexity index is 731. The maximum absolute atomic E-state index is 12.6. The van der Waals surface area contributed by atoms with Crippen molar-refractivity contribution in [3.8, 4) is 0 Å². The summed E-state index contributed by atoms with van der Waals surface area (Å²) in [5, 5.41) is 2.96. The molecule has 0 spiro atoms. The molecule has 0 aliphatic carbocycles. The Morgan fingerprint density at radius 3 is 2.68 bits per heavy atom. The third kappa shape index (κ3) is 4.64. The van der Waals surface area contributed by atoms with E-state index in [9.17, 15) is 9.59 Å². The number of anilines is 1. The number of primary amides is 1. The third-order valence-corrected chi connectivity index (χ3v) is 4.36. The van der Waals surface area contributed by atoms with Gasteiger partial charge in [-0.1, -0.05) is 18.2 Å². The first-order valence-corrected chi connectivity index (χ1v) is 8.44. The molecule has 1 fully saturated rings. The van der Waals surface area contributed by atoms with E-state index in [0.717, 1.165) is 36.3 Å². The van der Waals surface area contributed by atoms with Crippen molar-refractivity contribution >= 4 is 17.5 Å². The minimum absolute atomic E-state index is 0.00363. The molecule has 3 N–H and O–H groups in total. The quantitative estimate of drug-likeness (QED) is 0.839. The molecule has 0 saturated carbocycles. The van der Waals surface area contributed by atoms with E-state index in [-0.39, 0.29) is 24.3 Å². The van der Waals surface area contributed by atoms with E-state index in [1.165, 1.54) is 0 Å². The number of carbonyl (C=O) groups is 2. The number of nitrogens with one attached hydrogen (secondary N) is 1. The van der Waals surface area contributed by atoms with Crippen LogP contribution in [0.4, 0.5) is 5.69 Å². The minimum atomic E-state index is -0.368. The maximum atomic E-state index is 12.6. The second-order valence-electron chi connectivity index (χ2n) is 6.28. The highest BCUT2D eigenvalue weighted by atomic mass is 16.2. The Morgan fingerprint density at radius 2 is 2.00 bits per heavy atom. The number of likely N-dealkylation sites (tertiary alicyclic amines) is 1. The Labute approximate surface area is 147 Å². The second-order valence-corrected chi connectivity index (χ2v) is 6.28. The normalized spacial score (nSPS) is 17.4. The van der Waals surface area contributed by atoms with Crippen LogP contribution in [0.5, 0.6) is 0 Å². The zero-order chi connectivity index (χ0) is 17.6. The molecule has 2 aromatic rings. The number of carbonyl (C=O) groups excluding carboxylic acids is 2. The number of nitrogens with zero attached hydrogens (tertiary/aromatic N) is 2. The van der Waals surface area contributed by atoms with Crippen molar-refractivity contribution in [2.24, 2.45) is 5.73 Å². The molecule has 0 bridgehead atoms. The average Bonchev–Trinajstić information content (AvgIpc) is 3.05. The van der Waals surface area contributed by atoms with Gasteiger partial charge in [-0.2, -0.15) is 0 Å². The van der Waals surface area contributed by atoms with Gasteiger partial charge in [0.25, 0.3) is 0 Å². The van der Waals surface area contributed by atoms with E-state index in [2.05, 4.69) is 15.2 Å². The van der Waals surface area contributed by atoms with E-state index in [1.807, 2.05) is 18.2 Å². The average molecular weight is 338 g/mol. The summed E-state index contributed by atoms with van der Waals surface area (Å²) in [6.45, 7) is 1.57. The van der Waals surface area contributed by atoms with Crippen LogP contribution in [0.1, 0.15) is 24.1 Å². The molecular formula is C19H22N4O2. The first-order chi connectivity index (χ1) is 12.1. The fourth-order valence-electron chi connectivity index (χ4n) is 3.14. The third-order valence-electron chi connectivity index (χ3n) is 4.36. The van der Waals surface area contributed by atoms with Gasteiger partial charge in [0.05, 0.1) is 18.2 Å². The molecular weight excluding hydrogens is 316 g/mol. The largest absolute Gasteiger partial charge is 0.369 e. The predicted octanol–water partition coefficient (Wildman–Crippen LogP) is 1.71. The molecule has 1 saturated heterocycles. The van der Waals surface area contributed by atoms with E-state index in [0.29, 0.717) is 6.54 Å². The fraction of sp³-hybridized carbons (Fsp3) is 0.316. The number of hydrogen-bond donors (Lipinski definition) is 2. The Hall–Kier alpha value is -2.73. The van der Waals surface area contributed by atoms with Gasteiger partial charge in [-0.05, 0) is 49.2 Å². The van der Waals surface area contributed by atoms with E-state index >= 15 is 0 Å². The molecule has 1 aliphatic heterocycles. The van der Waals surface area contributed by atoms with Gasteiger partial charge in [-0.25, -0.2) is 0 Å². The SMILES string of the molecule is NC(=O)Cc1ccc(NC(=O)C2CCCN2Cc2ccccn2)cc1. The van der Waals surface area contributed by atoms with Crippen molar-refractivity contribution < 1.29 is 9.59 Å². The Morgan fingerprint density at radius 1 is 1.20 bits per heavy atom. The molecule has 6 nitrogen and oxygen atoms in total. The van der Waals surface area contributed by atoms with Gasteiger partial charge in [0.15, 0.2) is 0 Å². The Balaban J connectivity index is 1.60. The van der Waals surface area contributed by atoms with Crippen LogP contribution in [0.15, 0.2) is 48.7 Å². The zero-order valence-electron chi connectivity index (χ0n) is 14.0. The number of rotatable bonds is 6. The first-order valence-electron chi connectivity index (χ1n) is 8.44. The molecule has 2 heterocycles. The number of nitrogens with two attached hydrogens (primary N) is 1. The van der Waals surface area contributed by atoms with Crippen LogP contribution in [0, 0.1) is 0 Å². The van der Waals surface area contributed by atoms with E-state index in [4.69, 9.17) is 5.73 Å². The summed E-state index contributed by atoms with van der Waals surface area (Å²) in [5.41, 5.74) is 7.72. The van der Waals surface area contributed by atoms with Crippen molar-refractivity contribution in [1.29, 1.82) is 0 Å². The summed E-state index contributed by atoms with van der Waals surface area (Å²) in [6.07, 6.45) is 3.82. The maximum Gasteiger partial charge on any atom is 0.241 e. The smallest absolute Gasteiger partial charge is 0.241 e. The zero-order valence-corrected chi connectivity index (χ0v) is 14.0. The van der Waals surface area contributed by atoms with Gasteiger partial charge in [0, 0.05) is 18.4 Å². The molecule has 1 aromatic heterocycles. The number of aromatic nitrogens is 1. The highest BCUT2D eigenvalue weighted by Crippen LogP contribution is 2.21. The second kappa shape index (κ2) is 7.90. The summed E-state index contributed by atoms with van der Waals surface area (Å²) in [5.74, 6) is -0.371. The molecule has 130 valence electrons. The lowest BCUT2D eigenvalue weighted by atomic mass is 10.1. The predicted molar refractivity (Wildman–Crippen MR) is 95.6 cm³/mol. The number of pyridine rings is 1. The fourth-order valence-corrected chi connectivity index (χ4v) is 3.14. The summed E-state index contributed by atoms with van der Waals surface area (Å²) in [4.78, 5) is 30.1. The van der Waals surface area contributed by atoms with Crippen LogP contribution < -0.4 is 11.1 Å². The van der Waals surface area contributed by atoms with Crippen LogP contribution in [0.3, 0.4) is 0 Å². The van der Waals surface area contributed by atoms with Crippen LogP contribution >= 0.6 is 0 Å². The van der Waals surface area contributed by atoms with Crippen LogP contribution in [0.2, 0.25) is 0 Å². The highest BCUT2D eigenvalue weighted by Gasteiger charge is 2.30. The molecule has 25 heavy (non-hydrogen) atoms. The van der Waals surface area contributed by atoms with Crippen LogP contribution in [-0.2, 0) is 22.6 Å². The minimum Gasteiger partial charge on any atom is -0.369 e. The molecule has 1 atom stereocenters. The lowest BCUT2D eigenvalue weighted by molar-refractivity contribution is -0.120. The summed E-state index contributed by atoms with van der Waals surface area (Å²) in [7, 11) is 0. The molecule has 1 unspecified atom stereocenters. The number of amides is 2. The standard InChI is InChI=1S/C19H22N4O2/c20-18(24)12-14-6-8-15(9-7-14)22-19(25)17-5-3-11-23(17)13-16-4-1-2-10-21-16/h1-2,4,6-10,17H,3,5,11-13H2,(H2,20,24)(H,22,25). The Kier molecular flexibility index (Phi) is 5.40. The van der Waals surface area contributed by atoms with Crippen molar-refractivity contribution in [3.63, 3.8) is 0 Å². The van der Waals surface area contributed by atoms with Crippen molar-refractivity contribution in [3.05, 3.63) is 59.9 Å². The van der Waals surface area contributed by atoms with Gasteiger partial charge in [0.1, 0.15) is 0 Å². The first kappa shape index (κ1) is 17.1. The summed E-state index contributed by atoms with van der Waals surface area (Å²) < 4.78 is 0. The van der Waals surface area contributed by atoms with Gasteiger partial charge in [-0.3, -0.25) is 19.5 Å². The summed E-state index contributed by atoms with van der Waals surface area (Å²) >= 11 is 0. The van der Waals surface area contributed by atoms with Crippen LogP contribution in [0.25, 0.3) is 0 Å². The number of benzene rings is 1.